The lowest BCUT2D eigenvalue weighted by Crippen LogP contribution is -2.48. The average Bonchev–Trinajstić information content (AvgIpc) is 3.02. The van der Waals surface area contributed by atoms with Crippen LogP contribution in [0.15, 0.2) is 34.9 Å². The molecule has 1 N–H and O–H groups in total. The summed E-state index contributed by atoms with van der Waals surface area (Å²) in [5.74, 6) is 0.821. The minimum absolute atomic E-state index is 0.119. The van der Waals surface area contributed by atoms with E-state index >= 15 is 0 Å². The van der Waals surface area contributed by atoms with Gasteiger partial charge in [0.05, 0.1) is 24.9 Å². The van der Waals surface area contributed by atoms with Crippen molar-refractivity contribution in [3.8, 4) is 5.75 Å². The maximum absolute atomic E-state index is 12.5. The fraction of sp³-hybridized carbons (Fsp3) is 0.444. The van der Waals surface area contributed by atoms with Crippen LogP contribution in [0.2, 0.25) is 0 Å². The Morgan fingerprint density at radius 1 is 1.29 bits per heavy atom. The second kappa shape index (κ2) is 5.94. The van der Waals surface area contributed by atoms with Crippen LogP contribution in [0.1, 0.15) is 47.1 Å². The summed E-state index contributed by atoms with van der Waals surface area (Å²) < 4.78 is 16.9. The molecule has 3 heterocycles. The largest absolute Gasteiger partial charge is 0.487 e. The third kappa shape index (κ3) is 2.78. The van der Waals surface area contributed by atoms with Gasteiger partial charge < -0.3 is 19.3 Å². The van der Waals surface area contributed by atoms with Crippen molar-refractivity contribution in [3.05, 3.63) is 47.3 Å². The van der Waals surface area contributed by atoms with Gasteiger partial charge in [-0.1, -0.05) is 23.4 Å². The van der Waals surface area contributed by atoms with Gasteiger partial charge in [-0.2, -0.15) is 0 Å². The molecule has 0 saturated carbocycles. The number of hydrogen-bond acceptors (Lipinski definition) is 5. The number of ether oxygens (including phenoxy) is 2. The van der Waals surface area contributed by atoms with Crippen LogP contribution in [-0.2, 0) is 4.74 Å². The molecule has 126 valence electrons. The first-order valence-electron chi connectivity index (χ1n) is 8.25. The molecule has 1 spiro atoms. The summed E-state index contributed by atoms with van der Waals surface area (Å²) in [6.45, 7) is 3.16. The first-order chi connectivity index (χ1) is 11.7. The number of nitrogens with zero attached hydrogens (tertiary/aromatic N) is 1. The summed E-state index contributed by atoms with van der Waals surface area (Å²) in [7, 11) is 0. The maximum atomic E-state index is 12.5. The van der Waals surface area contributed by atoms with Crippen molar-refractivity contribution in [2.24, 2.45) is 0 Å². The van der Waals surface area contributed by atoms with Gasteiger partial charge >= 0.3 is 0 Å². The lowest BCUT2D eigenvalue weighted by atomic mass is 9.82. The second-order valence-corrected chi connectivity index (χ2v) is 6.50. The molecule has 2 aliphatic rings. The van der Waals surface area contributed by atoms with E-state index in [1.54, 1.807) is 13.0 Å². The van der Waals surface area contributed by atoms with Crippen LogP contribution in [0.3, 0.4) is 0 Å². The monoisotopic (exact) mass is 328 g/mol. The van der Waals surface area contributed by atoms with E-state index in [2.05, 4.69) is 10.5 Å². The second-order valence-electron chi connectivity index (χ2n) is 6.50. The van der Waals surface area contributed by atoms with Crippen molar-refractivity contribution in [1.29, 1.82) is 0 Å². The standard InChI is InChI=1S/C18H20N2O4/c1-12-10-16(24-20-12)17(21)19-14-11-18(6-8-22-9-7-18)23-15-5-3-2-4-13(14)15/h2-5,10,14H,6-9,11H2,1H3,(H,19,21)/t14-/m1/s1. The normalized spacial score (nSPS) is 21.8. The van der Waals surface area contributed by atoms with Gasteiger partial charge in [-0.25, -0.2) is 0 Å². The molecule has 1 aromatic heterocycles. The van der Waals surface area contributed by atoms with Gasteiger partial charge in [0.1, 0.15) is 11.4 Å². The number of aryl methyl sites for hydroxylation is 1. The Kier molecular flexibility index (Phi) is 3.76. The summed E-state index contributed by atoms with van der Waals surface area (Å²) in [5.41, 5.74) is 1.41. The molecule has 0 unspecified atom stereocenters. The predicted molar refractivity (Wildman–Crippen MR) is 85.9 cm³/mol. The van der Waals surface area contributed by atoms with E-state index in [1.807, 2.05) is 24.3 Å². The Morgan fingerprint density at radius 3 is 2.83 bits per heavy atom. The van der Waals surface area contributed by atoms with E-state index in [0.29, 0.717) is 18.9 Å². The van der Waals surface area contributed by atoms with Crippen LogP contribution in [0.5, 0.6) is 5.75 Å². The van der Waals surface area contributed by atoms with Crippen LogP contribution in [0, 0.1) is 6.92 Å². The van der Waals surface area contributed by atoms with Crippen molar-refractivity contribution >= 4 is 5.91 Å². The molecule has 2 aliphatic heterocycles. The summed E-state index contributed by atoms with van der Waals surface area (Å²) in [6.07, 6.45) is 2.39. The number of nitrogens with one attached hydrogen (secondary N) is 1. The van der Waals surface area contributed by atoms with Gasteiger partial charge in [0, 0.05) is 30.9 Å². The Balaban J connectivity index is 1.61. The molecular formula is C18H20N2O4. The summed E-state index contributed by atoms with van der Waals surface area (Å²) in [6, 6.07) is 9.40. The number of carbonyl (C=O) groups is 1. The highest BCUT2D eigenvalue weighted by atomic mass is 16.5. The minimum Gasteiger partial charge on any atom is -0.487 e. The van der Waals surface area contributed by atoms with E-state index in [9.17, 15) is 4.79 Å². The first-order valence-corrected chi connectivity index (χ1v) is 8.25. The third-order valence-electron chi connectivity index (χ3n) is 4.76. The van der Waals surface area contributed by atoms with E-state index in [4.69, 9.17) is 14.0 Å². The molecule has 1 atom stereocenters. The zero-order valence-electron chi connectivity index (χ0n) is 13.6. The van der Waals surface area contributed by atoms with Crippen LogP contribution in [-0.4, -0.2) is 29.9 Å². The molecule has 6 nitrogen and oxygen atoms in total. The van der Waals surface area contributed by atoms with Gasteiger partial charge in [0.2, 0.25) is 5.76 Å². The lowest BCUT2D eigenvalue weighted by Gasteiger charge is -2.44. The van der Waals surface area contributed by atoms with Gasteiger partial charge in [0.15, 0.2) is 0 Å². The Morgan fingerprint density at radius 2 is 2.08 bits per heavy atom. The molecule has 1 saturated heterocycles. The number of hydrogen-bond donors (Lipinski definition) is 1. The number of fused-ring (bicyclic) bond motifs is 1. The van der Waals surface area contributed by atoms with Crippen molar-refractivity contribution in [2.75, 3.05) is 13.2 Å². The van der Waals surface area contributed by atoms with Crippen molar-refractivity contribution in [2.45, 2.75) is 37.8 Å². The van der Waals surface area contributed by atoms with Crippen molar-refractivity contribution < 1.29 is 18.8 Å². The molecule has 1 aromatic carbocycles. The van der Waals surface area contributed by atoms with E-state index in [1.165, 1.54) is 0 Å². The molecule has 1 amide bonds. The Labute approximate surface area is 140 Å². The first kappa shape index (κ1) is 15.2. The number of benzene rings is 1. The summed E-state index contributed by atoms with van der Waals surface area (Å²) in [4.78, 5) is 12.5. The fourth-order valence-corrected chi connectivity index (χ4v) is 3.50. The number of para-hydroxylation sites is 1. The molecular weight excluding hydrogens is 308 g/mol. The van der Waals surface area contributed by atoms with Crippen LogP contribution >= 0.6 is 0 Å². The molecule has 0 aliphatic carbocycles. The van der Waals surface area contributed by atoms with Crippen molar-refractivity contribution in [1.82, 2.24) is 10.5 Å². The molecule has 0 radical (unpaired) electrons. The summed E-state index contributed by atoms with van der Waals surface area (Å²) >= 11 is 0. The van der Waals surface area contributed by atoms with Crippen LogP contribution < -0.4 is 10.1 Å². The number of rotatable bonds is 2. The highest BCUT2D eigenvalue weighted by Crippen LogP contribution is 2.43. The molecule has 24 heavy (non-hydrogen) atoms. The molecule has 1 fully saturated rings. The lowest BCUT2D eigenvalue weighted by molar-refractivity contribution is -0.0639. The highest BCUT2D eigenvalue weighted by molar-refractivity contribution is 5.91. The maximum Gasteiger partial charge on any atom is 0.290 e. The third-order valence-corrected chi connectivity index (χ3v) is 4.76. The van der Waals surface area contributed by atoms with E-state index in [0.717, 1.165) is 30.6 Å². The smallest absolute Gasteiger partial charge is 0.290 e. The predicted octanol–water partition coefficient (Wildman–Crippen LogP) is 2.79. The van der Waals surface area contributed by atoms with Crippen LogP contribution in [0.25, 0.3) is 0 Å². The Hall–Kier alpha value is -2.34. The van der Waals surface area contributed by atoms with Gasteiger partial charge in [-0.3, -0.25) is 4.79 Å². The van der Waals surface area contributed by atoms with Gasteiger partial charge in [-0.15, -0.1) is 0 Å². The number of carbonyl (C=O) groups excluding carboxylic acids is 1. The highest BCUT2D eigenvalue weighted by Gasteiger charge is 2.42. The van der Waals surface area contributed by atoms with Crippen LogP contribution in [0.4, 0.5) is 0 Å². The van der Waals surface area contributed by atoms with Crippen molar-refractivity contribution in [3.63, 3.8) is 0 Å². The fourth-order valence-electron chi connectivity index (χ4n) is 3.50. The molecule has 2 aromatic rings. The number of amides is 1. The molecule has 6 heteroatoms. The van der Waals surface area contributed by atoms with E-state index in [-0.39, 0.29) is 23.3 Å². The average molecular weight is 328 g/mol. The summed E-state index contributed by atoms with van der Waals surface area (Å²) in [5, 5.41) is 6.86. The van der Waals surface area contributed by atoms with E-state index < -0.39 is 0 Å². The van der Waals surface area contributed by atoms with Gasteiger partial charge in [0.25, 0.3) is 5.91 Å². The number of aromatic nitrogens is 1. The quantitative estimate of drug-likeness (QED) is 0.917. The molecule has 0 bridgehead atoms. The Bertz CT molecular complexity index is 749. The zero-order valence-corrected chi connectivity index (χ0v) is 13.6. The van der Waals surface area contributed by atoms with Gasteiger partial charge in [-0.05, 0) is 13.0 Å². The minimum atomic E-state index is -0.276. The topological polar surface area (TPSA) is 73.6 Å². The molecule has 4 rings (SSSR count). The SMILES string of the molecule is Cc1cc(C(=O)N[C@@H]2CC3(CCOCC3)Oc3ccccc32)on1. The zero-order chi connectivity index (χ0) is 16.6.